The van der Waals surface area contributed by atoms with Crippen LogP contribution in [0.5, 0.6) is 0 Å². The molecule has 0 bridgehead atoms. The SMILES string of the molecule is C1CSC2=C(S1)SC(=C1SC3=C(SCCS3)S1)S2.C1CSC2=C(S1)SC(=C1SC3=C(SCCS3)S1)S2.ClCC(Cl)Cl.O=C([O-])C(=O)[O-].O=C([O-])C(=O)[O-].[Cr+4].c1ccc(-c2ccccn2)nc1. The number of thioether (sulfide) groups is 16. The monoisotopic (exact) mass is 1280 g/mol. The van der Waals surface area contributed by atoms with Gasteiger partial charge in [0.25, 0.3) is 0 Å². The number of nitrogens with zero attached hydrogens (tertiary/aromatic N) is 2. The van der Waals surface area contributed by atoms with E-state index in [1.165, 1.54) is 63.0 Å². The first-order valence-corrected chi connectivity index (χ1v) is 33.6. The van der Waals surface area contributed by atoms with Crippen molar-refractivity contribution in [1.29, 1.82) is 0 Å². The molecule has 0 fully saturated rings. The maximum atomic E-state index is 8.93. The summed E-state index contributed by atoms with van der Waals surface area (Å²) in [7, 11) is 0. The van der Waals surface area contributed by atoms with E-state index < -0.39 is 28.7 Å². The molecule has 0 aromatic carbocycles. The van der Waals surface area contributed by atoms with Crippen LogP contribution in [0.25, 0.3) is 11.4 Å². The summed E-state index contributed by atoms with van der Waals surface area (Å²) in [5.41, 5.74) is 1.83. The molecule has 0 atom stereocenters. The van der Waals surface area contributed by atoms with E-state index >= 15 is 0 Å². The summed E-state index contributed by atoms with van der Waals surface area (Å²) >= 11 is 47.8. The molecule has 8 aliphatic rings. The van der Waals surface area contributed by atoms with Crippen molar-refractivity contribution >= 4 is 247 Å². The third kappa shape index (κ3) is 20.5. The van der Waals surface area contributed by atoms with E-state index in [4.69, 9.17) is 74.4 Å². The molecule has 0 spiro atoms. The van der Waals surface area contributed by atoms with Crippen LogP contribution in [0, 0.1) is 0 Å². The minimum atomic E-state index is -2.19. The third-order valence-electron chi connectivity index (χ3n) is 6.72. The number of aliphatic carboxylic acids is 4. The minimum Gasteiger partial charge on any atom is -0.543 e. The Morgan fingerprint density at radius 1 is 0.424 bits per heavy atom. The summed E-state index contributed by atoms with van der Waals surface area (Å²) < 4.78 is 18.6. The van der Waals surface area contributed by atoms with Gasteiger partial charge in [-0.05, 0) is 24.3 Å². The minimum absolute atomic E-state index is 0. The molecule has 0 radical (unpaired) electrons. The number of rotatable bonds is 2. The van der Waals surface area contributed by atoms with Crippen molar-refractivity contribution < 1.29 is 57.0 Å². The van der Waals surface area contributed by atoms with Crippen molar-refractivity contribution in [2.24, 2.45) is 0 Å². The molecule has 0 aliphatic carbocycles. The van der Waals surface area contributed by atoms with Crippen LogP contribution in [-0.4, -0.2) is 90.6 Å². The maximum Gasteiger partial charge on any atom is 4.00 e. The largest absolute Gasteiger partial charge is 4.00 e. The molecule has 10 nitrogen and oxygen atoms in total. The zero-order valence-corrected chi connectivity index (χ0v) is 49.4. The fourth-order valence-corrected chi connectivity index (χ4v) is 28.7. The zero-order chi connectivity index (χ0) is 46.7. The van der Waals surface area contributed by atoms with Gasteiger partial charge < -0.3 is 39.6 Å². The van der Waals surface area contributed by atoms with Crippen LogP contribution in [0.1, 0.15) is 0 Å². The van der Waals surface area contributed by atoms with Crippen LogP contribution in [0.2, 0.25) is 0 Å². The Morgan fingerprint density at radius 3 is 0.758 bits per heavy atom. The normalized spacial score (nSPS) is 19.1. The van der Waals surface area contributed by atoms with Gasteiger partial charge in [0.1, 0.15) is 4.84 Å². The maximum absolute atomic E-state index is 8.93. The fraction of sp³-hybridized carbons (Fsp3) is 0.278. The van der Waals surface area contributed by atoms with E-state index in [1.807, 2.05) is 225 Å². The van der Waals surface area contributed by atoms with Gasteiger partial charge in [0.15, 0.2) is 0 Å². The average Bonchev–Trinajstić information content (AvgIpc) is 4.15. The van der Waals surface area contributed by atoms with Gasteiger partial charge in [-0.15, -0.1) is 129 Å². The molecule has 30 heteroatoms. The molecule has 0 N–H and O–H groups in total. The molecule has 2 aromatic heterocycles. The molecule has 0 unspecified atom stereocenters. The zero-order valence-electron chi connectivity index (χ0n) is 32.8. The van der Waals surface area contributed by atoms with Gasteiger partial charge in [-0.3, -0.25) is 9.97 Å². The van der Waals surface area contributed by atoms with Gasteiger partial charge in [0, 0.05) is 58.4 Å². The first-order chi connectivity index (χ1) is 31.3. The topological polar surface area (TPSA) is 186 Å². The van der Waals surface area contributed by atoms with Crippen molar-refractivity contribution in [2.45, 2.75) is 4.84 Å². The van der Waals surface area contributed by atoms with E-state index in [1.54, 1.807) is 46.3 Å². The van der Waals surface area contributed by atoms with Crippen LogP contribution >= 0.6 is 223 Å². The number of carbonyl (C=O) groups is 4. The molecular formula is C36H27Cl3CrN2O8S16. The molecule has 8 aliphatic heterocycles. The molecule has 352 valence electrons. The number of halogens is 3. The van der Waals surface area contributed by atoms with E-state index in [-0.39, 0.29) is 17.4 Å². The summed E-state index contributed by atoms with van der Waals surface area (Å²) in [5.74, 6) is 1.79. The van der Waals surface area contributed by atoms with Crippen molar-refractivity contribution in [3.8, 4) is 11.4 Å². The van der Waals surface area contributed by atoms with E-state index in [0.717, 1.165) is 11.4 Å². The Bertz CT molecular complexity index is 1920. The number of carboxylic acid groups (broad SMARTS) is 4. The third-order valence-corrected chi connectivity index (χ3v) is 31.8. The van der Waals surface area contributed by atoms with Crippen molar-refractivity contribution in [1.82, 2.24) is 9.97 Å². The summed E-state index contributed by atoms with van der Waals surface area (Å²) in [6.07, 6.45) is 3.54. The molecule has 2 aromatic rings. The van der Waals surface area contributed by atoms with E-state index in [9.17, 15) is 0 Å². The number of alkyl halides is 3. The molecule has 66 heavy (non-hydrogen) atoms. The Hall–Kier alpha value is 1.62. The number of hydrogen-bond acceptors (Lipinski definition) is 26. The van der Waals surface area contributed by atoms with Gasteiger partial charge in [-0.2, -0.15) is 0 Å². The van der Waals surface area contributed by atoms with Gasteiger partial charge >= 0.3 is 17.4 Å². The second-order valence-corrected chi connectivity index (χ2v) is 32.9. The Kier molecular flexibility index (Phi) is 29.8. The number of aromatic nitrogens is 2. The van der Waals surface area contributed by atoms with Gasteiger partial charge in [-0.25, -0.2) is 0 Å². The molecule has 10 rings (SSSR count). The van der Waals surface area contributed by atoms with Crippen LogP contribution in [0.4, 0.5) is 0 Å². The van der Waals surface area contributed by atoms with Crippen molar-refractivity contribution in [3.05, 3.63) is 99.6 Å². The molecule has 0 saturated carbocycles. The fourth-order valence-electron chi connectivity index (χ4n) is 4.23. The second-order valence-electron chi connectivity index (χ2n) is 11.2. The van der Waals surface area contributed by atoms with Crippen LogP contribution in [-0.2, 0) is 36.5 Å². The predicted molar refractivity (Wildman–Crippen MR) is 296 cm³/mol. The molecule has 0 saturated heterocycles. The molecular weight excluding hydrogens is 1260 g/mol. The van der Waals surface area contributed by atoms with Crippen molar-refractivity contribution in [3.63, 3.8) is 0 Å². The van der Waals surface area contributed by atoms with Crippen LogP contribution in [0.15, 0.2) is 99.6 Å². The smallest absolute Gasteiger partial charge is 0.543 e. The summed E-state index contributed by atoms with van der Waals surface area (Å²) in [6, 6.07) is 11.6. The van der Waals surface area contributed by atoms with E-state index in [2.05, 4.69) is 9.97 Å². The standard InChI is InChI=1S/C10H8N2.2C10H8S8.C2H3Cl3.2C2H2O4.Cr/c1-3-7-11-9(5-1)10-6-2-4-8-12-10;2*1-2-12-6-5(11-1)15-9(16-6)10-17-7-8(18-10)14-4-3-13-7;3-1-2(4)5;2*3-1(4)2(5)6;/h1-8H;2*1-4H2;2H,1H2;2*(H,3,4)(H,5,6);/q;;;;;;+4/p-4. The molecule has 10 heterocycles. The van der Waals surface area contributed by atoms with Gasteiger partial charge in [0.2, 0.25) is 0 Å². The van der Waals surface area contributed by atoms with Gasteiger partial charge in [0.05, 0.1) is 92.0 Å². The number of pyridine rings is 2. The molecule has 0 amide bonds. The first kappa shape index (κ1) is 60.2. The van der Waals surface area contributed by atoms with Crippen LogP contribution in [0.3, 0.4) is 0 Å². The number of carbonyl (C=O) groups excluding carboxylic acids is 4. The summed E-state index contributed by atoms with van der Waals surface area (Å²) in [5, 5.41) is 35.7. The summed E-state index contributed by atoms with van der Waals surface area (Å²) in [6.45, 7) is 0. The Balaban J connectivity index is 0.000000186. The second kappa shape index (κ2) is 32.7. The quantitative estimate of drug-likeness (QED) is 0.204. The van der Waals surface area contributed by atoms with Crippen LogP contribution < -0.4 is 20.4 Å². The number of carboxylic acids is 4. The van der Waals surface area contributed by atoms with Crippen molar-refractivity contribution in [2.75, 3.05) is 51.9 Å². The predicted octanol–water partition coefficient (Wildman–Crippen LogP) is 9.71. The Morgan fingerprint density at radius 2 is 0.621 bits per heavy atom. The van der Waals surface area contributed by atoms with Gasteiger partial charge in [-0.1, -0.05) is 106 Å². The number of hydrogen-bond donors (Lipinski definition) is 0. The first-order valence-electron chi connectivity index (χ1n) is 17.7. The Labute approximate surface area is 475 Å². The summed E-state index contributed by atoms with van der Waals surface area (Å²) in [4.78, 5) is 43.7. The van der Waals surface area contributed by atoms with E-state index in [0.29, 0.717) is 5.88 Å². The average molecular weight is 1290 g/mol.